The second-order valence-corrected chi connectivity index (χ2v) is 2.60. The van der Waals surface area contributed by atoms with E-state index < -0.39 is 0 Å². The molecule has 0 atom stereocenters. The van der Waals surface area contributed by atoms with E-state index in [1.54, 1.807) is 0 Å². The molecule has 4 nitrogen and oxygen atoms in total. The fourth-order valence-electron chi connectivity index (χ4n) is 0.595. The highest BCUT2D eigenvalue weighted by Crippen LogP contribution is 2.15. The molecular formula is C6H6Cl2N2O2. The van der Waals surface area contributed by atoms with E-state index >= 15 is 0 Å². The maximum Gasteiger partial charge on any atom is 0.227 e. The van der Waals surface area contributed by atoms with Crippen molar-refractivity contribution < 1.29 is 9.84 Å². The van der Waals surface area contributed by atoms with Crippen molar-refractivity contribution in [3.8, 4) is 5.88 Å². The van der Waals surface area contributed by atoms with Gasteiger partial charge in [0.15, 0.2) is 0 Å². The Morgan fingerprint density at radius 2 is 2.17 bits per heavy atom. The summed E-state index contributed by atoms with van der Waals surface area (Å²) in [4.78, 5) is 7.33. The smallest absolute Gasteiger partial charge is 0.227 e. The van der Waals surface area contributed by atoms with Gasteiger partial charge in [0, 0.05) is 6.07 Å². The molecule has 6 heteroatoms. The number of aliphatic hydroxyl groups is 1. The van der Waals surface area contributed by atoms with Crippen molar-refractivity contribution in [2.45, 2.75) is 0 Å². The van der Waals surface area contributed by atoms with Gasteiger partial charge in [0.2, 0.25) is 11.2 Å². The number of rotatable bonds is 3. The van der Waals surface area contributed by atoms with Crippen LogP contribution in [0.5, 0.6) is 5.88 Å². The highest BCUT2D eigenvalue weighted by atomic mass is 35.5. The lowest BCUT2D eigenvalue weighted by atomic mass is 10.6. The Bertz CT molecular complexity index is 249. The average molecular weight is 209 g/mol. The van der Waals surface area contributed by atoms with Crippen LogP contribution in [0.1, 0.15) is 0 Å². The second-order valence-electron chi connectivity index (χ2n) is 1.87. The summed E-state index contributed by atoms with van der Waals surface area (Å²) in [5, 5.41) is 8.67. The van der Waals surface area contributed by atoms with Gasteiger partial charge in [-0.3, -0.25) is 0 Å². The average Bonchev–Trinajstić information content (AvgIpc) is 1.99. The van der Waals surface area contributed by atoms with Crippen LogP contribution in [0.3, 0.4) is 0 Å². The van der Waals surface area contributed by atoms with Crippen molar-refractivity contribution in [1.82, 2.24) is 9.97 Å². The van der Waals surface area contributed by atoms with Crippen LogP contribution in [-0.2, 0) is 0 Å². The molecule has 0 amide bonds. The van der Waals surface area contributed by atoms with Crippen molar-refractivity contribution in [3.63, 3.8) is 0 Å². The van der Waals surface area contributed by atoms with Crippen LogP contribution in [0.15, 0.2) is 6.07 Å². The van der Waals surface area contributed by atoms with Crippen LogP contribution >= 0.6 is 23.2 Å². The summed E-state index contributed by atoms with van der Waals surface area (Å²) in [5.74, 6) is 0.258. The topological polar surface area (TPSA) is 55.2 Å². The number of halogens is 2. The molecule has 1 rings (SSSR count). The van der Waals surface area contributed by atoms with E-state index in [0.717, 1.165) is 0 Å². The van der Waals surface area contributed by atoms with Gasteiger partial charge < -0.3 is 9.84 Å². The molecule has 1 heterocycles. The standard InChI is InChI=1S/C6H6Cl2N2O2/c7-4-3-5(12-2-1-11)10-6(8)9-4/h3,11H,1-2H2. The lowest BCUT2D eigenvalue weighted by Crippen LogP contribution is -2.03. The predicted molar refractivity (Wildman–Crippen MR) is 44.6 cm³/mol. The molecule has 0 aliphatic rings. The SMILES string of the molecule is OCCOc1cc(Cl)nc(Cl)n1. The summed E-state index contributed by atoms with van der Waals surface area (Å²) in [6, 6.07) is 1.42. The lowest BCUT2D eigenvalue weighted by molar-refractivity contribution is 0.196. The van der Waals surface area contributed by atoms with Crippen molar-refractivity contribution in [2.75, 3.05) is 13.2 Å². The lowest BCUT2D eigenvalue weighted by Gasteiger charge is -2.02. The number of ether oxygens (including phenoxy) is 1. The van der Waals surface area contributed by atoms with Gasteiger partial charge in [-0.15, -0.1) is 0 Å². The quantitative estimate of drug-likeness (QED) is 0.599. The Balaban J connectivity index is 2.72. The van der Waals surface area contributed by atoms with Crippen LogP contribution < -0.4 is 4.74 Å². The molecule has 66 valence electrons. The molecule has 0 aliphatic heterocycles. The highest BCUT2D eigenvalue weighted by Gasteiger charge is 2.00. The van der Waals surface area contributed by atoms with E-state index in [2.05, 4.69) is 9.97 Å². The van der Waals surface area contributed by atoms with Crippen molar-refractivity contribution in [3.05, 3.63) is 16.5 Å². The minimum absolute atomic E-state index is 0.0236. The fraction of sp³-hybridized carbons (Fsp3) is 0.333. The fourth-order valence-corrected chi connectivity index (χ4v) is 0.986. The van der Waals surface area contributed by atoms with Gasteiger partial charge in [-0.1, -0.05) is 11.6 Å². The molecule has 0 unspecified atom stereocenters. The monoisotopic (exact) mass is 208 g/mol. The summed E-state index contributed by atoms with van der Waals surface area (Å²) in [5.41, 5.74) is 0. The van der Waals surface area contributed by atoms with E-state index in [1.807, 2.05) is 0 Å². The van der Waals surface area contributed by atoms with E-state index in [0.29, 0.717) is 0 Å². The zero-order valence-corrected chi connectivity index (χ0v) is 7.51. The summed E-state index contributed by atoms with van der Waals surface area (Å²) in [6.45, 7) is 0.0723. The zero-order chi connectivity index (χ0) is 8.97. The third kappa shape index (κ3) is 2.81. The van der Waals surface area contributed by atoms with Crippen LogP contribution in [0.2, 0.25) is 10.4 Å². The van der Waals surface area contributed by atoms with Crippen LogP contribution in [0.4, 0.5) is 0 Å². The van der Waals surface area contributed by atoms with E-state index in [1.165, 1.54) is 6.07 Å². The molecule has 0 aliphatic carbocycles. The van der Waals surface area contributed by atoms with Gasteiger partial charge >= 0.3 is 0 Å². The van der Waals surface area contributed by atoms with Gasteiger partial charge in [0.25, 0.3) is 0 Å². The normalized spacial score (nSPS) is 9.92. The number of aromatic nitrogens is 2. The summed E-state index contributed by atoms with van der Waals surface area (Å²) in [6.07, 6.45) is 0. The molecule has 0 bridgehead atoms. The first-order valence-electron chi connectivity index (χ1n) is 3.16. The Labute approximate surface area is 79.1 Å². The van der Waals surface area contributed by atoms with Gasteiger partial charge in [0.1, 0.15) is 11.8 Å². The minimum Gasteiger partial charge on any atom is -0.475 e. The third-order valence-electron chi connectivity index (χ3n) is 0.985. The molecule has 0 fully saturated rings. The van der Waals surface area contributed by atoms with Gasteiger partial charge in [-0.25, -0.2) is 4.98 Å². The largest absolute Gasteiger partial charge is 0.475 e. The molecule has 0 radical (unpaired) electrons. The first kappa shape index (κ1) is 9.51. The summed E-state index contributed by atoms with van der Waals surface area (Å²) in [7, 11) is 0. The molecule has 1 aromatic rings. The molecule has 12 heavy (non-hydrogen) atoms. The number of nitrogens with zero attached hydrogens (tertiary/aromatic N) is 2. The Morgan fingerprint density at radius 1 is 1.42 bits per heavy atom. The van der Waals surface area contributed by atoms with Crippen molar-refractivity contribution in [2.24, 2.45) is 0 Å². The Kier molecular flexibility index (Phi) is 3.52. The third-order valence-corrected chi connectivity index (χ3v) is 1.35. The van der Waals surface area contributed by atoms with Gasteiger partial charge in [0.05, 0.1) is 6.61 Å². The summed E-state index contributed by atoms with van der Waals surface area (Å²) < 4.78 is 4.95. The van der Waals surface area contributed by atoms with Crippen LogP contribution in [0.25, 0.3) is 0 Å². The van der Waals surface area contributed by atoms with Crippen LogP contribution in [0, 0.1) is 0 Å². The van der Waals surface area contributed by atoms with Crippen molar-refractivity contribution >= 4 is 23.2 Å². The van der Waals surface area contributed by atoms with E-state index in [4.69, 9.17) is 33.0 Å². The zero-order valence-electron chi connectivity index (χ0n) is 6.00. The first-order chi connectivity index (χ1) is 5.72. The molecule has 1 aromatic heterocycles. The number of aliphatic hydroxyl groups excluding tert-OH is 1. The van der Waals surface area contributed by atoms with Crippen LogP contribution in [-0.4, -0.2) is 28.3 Å². The molecule has 0 saturated carbocycles. The molecule has 0 spiro atoms. The van der Waals surface area contributed by atoms with Gasteiger partial charge in [-0.2, -0.15) is 4.98 Å². The number of hydrogen-bond acceptors (Lipinski definition) is 4. The highest BCUT2D eigenvalue weighted by molar-refractivity contribution is 6.31. The van der Waals surface area contributed by atoms with E-state index in [-0.39, 0.29) is 29.5 Å². The predicted octanol–water partition coefficient (Wildman–Crippen LogP) is 1.15. The van der Waals surface area contributed by atoms with E-state index in [9.17, 15) is 0 Å². The first-order valence-corrected chi connectivity index (χ1v) is 3.91. The molecule has 0 aromatic carbocycles. The summed E-state index contributed by atoms with van der Waals surface area (Å²) >= 11 is 11.0. The Morgan fingerprint density at radius 3 is 2.75 bits per heavy atom. The Hall–Kier alpha value is -0.580. The maximum absolute atomic E-state index is 8.43. The molecule has 1 N–H and O–H groups in total. The minimum atomic E-state index is -0.0841. The van der Waals surface area contributed by atoms with Gasteiger partial charge in [-0.05, 0) is 11.6 Å². The molecular weight excluding hydrogens is 203 g/mol. The van der Waals surface area contributed by atoms with Crippen molar-refractivity contribution in [1.29, 1.82) is 0 Å². The maximum atomic E-state index is 8.43. The number of hydrogen-bond donors (Lipinski definition) is 1. The second kappa shape index (κ2) is 4.45. The molecule has 0 saturated heterocycles.